The number of benzene rings is 1. The maximum Gasteiger partial charge on any atom is 0.416 e. The Morgan fingerprint density at radius 1 is 0.920 bits per heavy atom. The molecule has 0 bridgehead atoms. The Morgan fingerprint density at radius 3 is 1.88 bits per heavy atom. The number of aromatic nitrogens is 1. The summed E-state index contributed by atoms with van der Waals surface area (Å²) in [6, 6.07) is 4.28. The van der Waals surface area contributed by atoms with Gasteiger partial charge in [0.25, 0.3) is 10.0 Å². The molecule has 0 amide bonds. The maximum absolute atomic E-state index is 12.8. The van der Waals surface area contributed by atoms with E-state index in [9.17, 15) is 34.8 Å². The predicted octanol–water partition coefficient (Wildman–Crippen LogP) is 4.23. The summed E-state index contributed by atoms with van der Waals surface area (Å²) in [4.78, 5) is 2.62. The Bertz CT molecular complexity index is 859. The van der Waals surface area contributed by atoms with E-state index in [4.69, 9.17) is 0 Å². The zero-order valence-electron chi connectivity index (χ0n) is 12.4. The van der Waals surface area contributed by atoms with Crippen molar-refractivity contribution in [3.05, 3.63) is 53.2 Å². The van der Waals surface area contributed by atoms with Gasteiger partial charge in [0.2, 0.25) is 0 Å². The topological polar surface area (TPSA) is 59.1 Å². The van der Waals surface area contributed by atoms with Crippen molar-refractivity contribution in [2.45, 2.75) is 24.2 Å². The Hall–Kier alpha value is -2.30. The number of hydrogen-bond donors (Lipinski definition) is 1. The van der Waals surface area contributed by atoms with E-state index in [0.29, 0.717) is 5.69 Å². The summed E-state index contributed by atoms with van der Waals surface area (Å²) in [6.45, 7) is 1.53. The minimum atomic E-state index is -5.15. The lowest BCUT2D eigenvalue weighted by Gasteiger charge is -2.15. The van der Waals surface area contributed by atoms with E-state index in [0.717, 1.165) is 0 Å². The minimum absolute atomic E-state index is 0.132. The number of anilines is 1. The summed E-state index contributed by atoms with van der Waals surface area (Å²) >= 11 is 0. The van der Waals surface area contributed by atoms with Crippen molar-refractivity contribution < 1.29 is 34.8 Å². The molecule has 2 aromatic rings. The highest BCUT2D eigenvalue weighted by atomic mass is 32.2. The van der Waals surface area contributed by atoms with E-state index in [2.05, 4.69) is 4.98 Å². The molecule has 2 rings (SSSR count). The molecule has 0 saturated heterocycles. The number of alkyl halides is 6. The second kappa shape index (κ2) is 6.21. The third-order valence-electron chi connectivity index (χ3n) is 3.00. The molecule has 0 spiro atoms. The highest BCUT2D eigenvalue weighted by Crippen LogP contribution is 2.37. The highest BCUT2D eigenvalue weighted by molar-refractivity contribution is 7.92. The summed E-state index contributed by atoms with van der Waals surface area (Å²) in [5, 5.41) is 0. The van der Waals surface area contributed by atoms with Crippen LogP contribution >= 0.6 is 0 Å². The molecule has 1 heterocycles. The first-order chi connectivity index (χ1) is 11.3. The van der Waals surface area contributed by atoms with Crippen molar-refractivity contribution in [3.63, 3.8) is 0 Å². The molecule has 0 atom stereocenters. The first kappa shape index (κ1) is 19.0. The fourth-order valence-electron chi connectivity index (χ4n) is 1.88. The van der Waals surface area contributed by atoms with Crippen molar-refractivity contribution in [2.24, 2.45) is 0 Å². The maximum atomic E-state index is 12.8. The van der Waals surface area contributed by atoms with Crippen LogP contribution in [-0.4, -0.2) is 13.4 Å². The van der Waals surface area contributed by atoms with Crippen LogP contribution in [0.2, 0.25) is 0 Å². The Balaban J connectivity index is 2.56. The van der Waals surface area contributed by atoms with Gasteiger partial charge in [0.1, 0.15) is 5.82 Å². The number of rotatable bonds is 3. The van der Waals surface area contributed by atoms with Gasteiger partial charge in [0.05, 0.1) is 16.0 Å². The second-order valence-corrected chi connectivity index (χ2v) is 6.69. The monoisotopic (exact) mass is 384 g/mol. The molecular weight excluding hydrogens is 374 g/mol. The first-order valence-corrected chi connectivity index (χ1v) is 8.03. The van der Waals surface area contributed by atoms with Crippen molar-refractivity contribution in [1.82, 2.24) is 4.98 Å². The number of aryl methyl sites for hydroxylation is 1. The van der Waals surface area contributed by atoms with Gasteiger partial charge >= 0.3 is 12.4 Å². The normalized spacial score (nSPS) is 12.9. The summed E-state index contributed by atoms with van der Waals surface area (Å²) < 4.78 is 103. The number of pyridine rings is 1. The van der Waals surface area contributed by atoms with Crippen LogP contribution in [0.1, 0.15) is 16.8 Å². The average molecular weight is 384 g/mol. The van der Waals surface area contributed by atoms with Gasteiger partial charge in [-0.1, -0.05) is 6.07 Å². The highest BCUT2D eigenvalue weighted by Gasteiger charge is 2.38. The molecule has 0 radical (unpaired) electrons. The van der Waals surface area contributed by atoms with Gasteiger partial charge in [-0.05, 0) is 37.3 Å². The van der Waals surface area contributed by atoms with E-state index < -0.39 is 38.4 Å². The van der Waals surface area contributed by atoms with Crippen molar-refractivity contribution in [1.29, 1.82) is 0 Å². The molecule has 0 saturated carbocycles. The molecule has 0 unspecified atom stereocenters. The zero-order chi connectivity index (χ0) is 19.0. The largest absolute Gasteiger partial charge is 0.416 e. The van der Waals surface area contributed by atoms with Crippen LogP contribution in [0.5, 0.6) is 0 Å². The van der Waals surface area contributed by atoms with Gasteiger partial charge in [0.15, 0.2) is 0 Å². The van der Waals surface area contributed by atoms with E-state index in [1.165, 1.54) is 25.1 Å². The number of nitrogens with zero attached hydrogens (tertiary/aromatic N) is 1. The minimum Gasteiger partial charge on any atom is -0.263 e. The van der Waals surface area contributed by atoms with E-state index in [1.54, 1.807) is 0 Å². The van der Waals surface area contributed by atoms with Crippen LogP contribution in [-0.2, 0) is 22.4 Å². The van der Waals surface area contributed by atoms with Gasteiger partial charge in [-0.25, -0.2) is 13.4 Å². The molecular formula is C14H10F6N2O2S. The molecule has 0 fully saturated rings. The lowest BCUT2D eigenvalue weighted by atomic mass is 10.1. The van der Waals surface area contributed by atoms with Gasteiger partial charge in [0, 0.05) is 5.69 Å². The summed E-state index contributed by atoms with van der Waals surface area (Å²) in [5.41, 5.74) is -3.04. The first-order valence-electron chi connectivity index (χ1n) is 6.55. The summed E-state index contributed by atoms with van der Waals surface area (Å²) in [7, 11) is -4.71. The molecule has 11 heteroatoms. The molecule has 4 nitrogen and oxygen atoms in total. The van der Waals surface area contributed by atoms with E-state index >= 15 is 0 Å². The predicted molar refractivity (Wildman–Crippen MR) is 76.2 cm³/mol. The smallest absolute Gasteiger partial charge is 0.263 e. The van der Waals surface area contributed by atoms with Crippen LogP contribution < -0.4 is 4.72 Å². The van der Waals surface area contributed by atoms with E-state index in [1.807, 2.05) is 4.72 Å². The third-order valence-corrected chi connectivity index (χ3v) is 4.33. The molecule has 0 aliphatic carbocycles. The van der Waals surface area contributed by atoms with Crippen LogP contribution in [0.25, 0.3) is 0 Å². The molecule has 0 aliphatic heterocycles. The van der Waals surface area contributed by atoms with Crippen molar-refractivity contribution in [3.8, 4) is 0 Å². The van der Waals surface area contributed by atoms with E-state index in [-0.39, 0.29) is 24.0 Å². The van der Waals surface area contributed by atoms with Gasteiger partial charge < -0.3 is 0 Å². The zero-order valence-corrected chi connectivity index (χ0v) is 13.2. The Kier molecular flexibility index (Phi) is 4.73. The number of sulfonamides is 1. The van der Waals surface area contributed by atoms with Crippen molar-refractivity contribution >= 4 is 15.8 Å². The average Bonchev–Trinajstić information content (AvgIpc) is 2.44. The quantitative estimate of drug-likeness (QED) is 0.806. The third kappa shape index (κ3) is 4.62. The van der Waals surface area contributed by atoms with Gasteiger partial charge in [-0.3, -0.25) is 4.72 Å². The molecule has 25 heavy (non-hydrogen) atoms. The molecule has 1 aromatic heterocycles. The van der Waals surface area contributed by atoms with Crippen LogP contribution in [0.4, 0.5) is 32.2 Å². The van der Waals surface area contributed by atoms with Crippen molar-refractivity contribution in [2.75, 3.05) is 4.72 Å². The summed E-state index contributed by atoms with van der Waals surface area (Å²) in [5.74, 6) is -0.231. The van der Waals surface area contributed by atoms with Crippen LogP contribution in [0.15, 0.2) is 41.3 Å². The van der Waals surface area contributed by atoms with Gasteiger partial charge in [-0.15, -0.1) is 0 Å². The lowest BCUT2D eigenvalue weighted by Crippen LogP contribution is -2.18. The van der Waals surface area contributed by atoms with Gasteiger partial charge in [-0.2, -0.15) is 26.3 Å². The number of nitrogens with one attached hydrogen (secondary N) is 1. The SMILES string of the molecule is Cc1cccc(NS(=O)(=O)c2cc(C(F)(F)F)cc(C(F)(F)F)c2)n1. The fourth-order valence-corrected chi connectivity index (χ4v) is 2.95. The molecule has 136 valence electrons. The summed E-state index contributed by atoms with van der Waals surface area (Å²) in [6.07, 6.45) is -10.3. The number of halogens is 6. The Labute approximate surface area is 138 Å². The molecule has 0 aliphatic rings. The Morgan fingerprint density at radius 2 is 1.44 bits per heavy atom. The lowest BCUT2D eigenvalue weighted by molar-refractivity contribution is -0.143. The van der Waals surface area contributed by atoms with Crippen LogP contribution in [0, 0.1) is 6.92 Å². The number of hydrogen-bond acceptors (Lipinski definition) is 3. The standard InChI is InChI=1S/C14H10F6N2O2S/c1-8-3-2-4-12(21-8)22-25(23,24)11-6-9(13(15,16)17)5-10(7-11)14(18,19)20/h2-7H,1H3,(H,21,22). The second-order valence-electron chi connectivity index (χ2n) is 5.01. The molecule has 1 aromatic carbocycles. The van der Waals surface area contributed by atoms with Crippen LogP contribution in [0.3, 0.4) is 0 Å². The fraction of sp³-hybridized carbons (Fsp3) is 0.214. The molecule has 1 N–H and O–H groups in total.